The van der Waals surface area contributed by atoms with E-state index in [9.17, 15) is 13.2 Å². The zero-order chi connectivity index (χ0) is 16.6. The SMILES string of the molecule is FC(F)(F)c1ccc(C=Cc2nc3cc(Br)c(Cl)cc3[nH]2)cc1. The van der Waals surface area contributed by atoms with E-state index in [0.717, 1.165) is 27.6 Å². The first-order chi connectivity index (χ1) is 10.8. The highest BCUT2D eigenvalue weighted by Gasteiger charge is 2.29. The maximum Gasteiger partial charge on any atom is 0.416 e. The van der Waals surface area contributed by atoms with Gasteiger partial charge in [-0.25, -0.2) is 4.98 Å². The Balaban J connectivity index is 1.85. The normalized spacial score (nSPS) is 12.4. The molecule has 0 spiro atoms. The standard InChI is InChI=1S/C16H9BrClF3N2/c17-11-7-13-14(8-12(11)18)23-15(22-13)6-3-9-1-4-10(5-2-9)16(19,20)21/h1-8H,(H,22,23). The highest BCUT2D eigenvalue weighted by atomic mass is 79.9. The Morgan fingerprint density at radius 3 is 2.43 bits per heavy atom. The van der Waals surface area contributed by atoms with E-state index in [-0.39, 0.29) is 0 Å². The van der Waals surface area contributed by atoms with E-state index in [2.05, 4.69) is 25.9 Å². The molecule has 7 heteroatoms. The van der Waals surface area contributed by atoms with Crippen LogP contribution in [-0.2, 0) is 6.18 Å². The lowest BCUT2D eigenvalue weighted by Crippen LogP contribution is -2.03. The molecule has 0 fully saturated rings. The molecule has 0 saturated carbocycles. The van der Waals surface area contributed by atoms with E-state index in [0.29, 0.717) is 16.4 Å². The third-order valence-electron chi connectivity index (χ3n) is 3.21. The summed E-state index contributed by atoms with van der Waals surface area (Å²) in [5.41, 5.74) is 1.51. The van der Waals surface area contributed by atoms with Gasteiger partial charge >= 0.3 is 6.18 Å². The first-order valence-corrected chi connectivity index (χ1v) is 7.70. The van der Waals surface area contributed by atoms with Crippen LogP contribution in [0.5, 0.6) is 0 Å². The number of nitrogens with one attached hydrogen (secondary N) is 1. The molecule has 3 rings (SSSR count). The van der Waals surface area contributed by atoms with Crippen LogP contribution >= 0.6 is 27.5 Å². The molecule has 1 heterocycles. The molecule has 0 amide bonds. The number of aromatic nitrogens is 2. The van der Waals surface area contributed by atoms with Crippen molar-refractivity contribution in [3.05, 3.63) is 62.8 Å². The van der Waals surface area contributed by atoms with Crippen LogP contribution in [0.4, 0.5) is 13.2 Å². The van der Waals surface area contributed by atoms with E-state index in [1.165, 1.54) is 12.1 Å². The fourth-order valence-corrected chi connectivity index (χ4v) is 2.56. The molecule has 0 atom stereocenters. The number of halogens is 5. The van der Waals surface area contributed by atoms with Crippen molar-refractivity contribution in [3.8, 4) is 0 Å². The average Bonchev–Trinajstić information content (AvgIpc) is 2.87. The van der Waals surface area contributed by atoms with Crippen molar-refractivity contribution in [2.75, 3.05) is 0 Å². The highest BCUT2D eigenvalue weighted by Crippen LogP contribution is 2.29. The van der Waals surface area contributed by atoms with Crippen molar-refractivity contribution in [1.29, 1.82) is 0 Å². The average molecular weight is 402 g/mol. The van der Waals surface area contributed by atoms with Crippen molar-refractivity contribution in [1.82, 2.24) is 9.97 Å². The van der Waals surface area contributed by atoms with Crippen LogP contribution in [0.15, 0.2) is 40.9 Å². The minimum Gasteiger partial charge on any atom is -0.338 e. The number of hydrogen-bond acceptors (Lipinski definition) is 1. The number of H-pyrrole nitrogens is 1. The third kappa shape index (κ3) is 3.59. The predicted molar refractivity (Wildman–Crippen MR) is 89.2 cm³/mol. The van der Waals surface area contributed by atoms with Crippen molar-refractivity contribution >= 4 is 50.7 Å². The van der Waals surface area contributed by atoms with Gasteiger partial charge in [0.15, 0.2) is 0 Å². The van der Waals surface area contributed by atoms with Gasteiger partial charge in [-0.15, -0.1) is 0 Å². The van der Waals surface area contributed by atoms with E-state index in [1.807, 2.05) is 0 Å². The number of benzene rings is 2. The molecule has 1 aromatic heterocycles. The fourth-order valence-electron chi connectivity index (χ4n) is 2.06. The summed E-state index contributed by atoms with van der Waals surface area (Å²) in [6.45, 7) is 0. The van der Waals surface area contributed by atoms with Crippen LogP contribution < -0.4 is 0 Å². The second-order valence-corrected chi connectivity index (χ2v) is 6.12. The summed E-state index contributed by atoms with van der Waals surface area (Å²) in [6, 6.07) is 8.47. The van der Waals surface area contributed by atoms with E-state index in [1.54, 1.807) is 24.3 Å². The quantitative estimate of drug-likeness (QED) is 0.547. The molecular formula is C16H9BrClF3N2. The van der Waals surface area contributed by atoms with Crippen molar-refractivity contribution in [2.24, 2.45) is 0 Å². The molecule has 0 bridgehead atoms. The maximum absolute atomic E-state index is 12.5. The minimum atomic E-state index is -4.33. The summed E-state index contributed by atoms with van der Waals surface area (Å²) in [7, 11) is 0. The number of fused-ring (bicyclic) bond motifs is 1. The fraction of sp³-hybridized carbons (Fsp3) is 0.0625. The molecule has 0 aliphatic carbocycles. The number of rotatable bonds is 2. The number of hydrogen-bond donors (Lipinski definition) is 1. The van der Waals surface area contributed by atoms with Gasteiger partial charge in [-0.3, -0.25) is 0 Å². The third-order valence-corrected chi connectivity index (χ3v) is 4.41. The summed E-state index contributed by atoms with van der Waals surface area (Å²) in [5, 5.41) is 0.569. The highest BCUT2D eigenvalue weighted by molar-refractivity contribution is 9.10. The van der Waals surface area contributed by atoms with Crippen LogP contribution in [0.1, 0.15) is 17.0 Å². The zero-order valence-corrected chi connectivity index (χ0v) is 13.8. The predicted octanol–water partition coefficient (Wildman–Crippen LogP) is 6.17. The van der Waals surface area contributed by atoms with E-state index < -0.39 is 11.7 Å². The van der Waals surface area contributed by atoms with Crippen LogP contribution in [0.2, 0.25) is 5.02 Å². The molecule has 2 aromatic carbocycles. The molecular weight excluding hydrogens is 393 g/mol. The molecule has 0 saturated heterocycles. The van der Waals surface area contributed by atoms with Crippen LogP contribution in [0.25, 0.3) is 23.2 Å². The Hall–Kier alpha value is -1.79. The molecule has 118 valence electrons. The molecule has 2 nitrogen and oxygen atoms in total. The van der Waals surface area contributed by atoms with Gasteiger partial charge in [0.25, 0.3) is 0 Å². The topological polar surface area (TPSA) is 28.7 Å². The van der Waals surface area contributed by atoms with Gasteiger partial charge in [0.05, 0.1) is 21.6 Å². The Morgan fingerprint density at radius 2 is 1.78 bits per heavy atom. The van der Waals surface area contributed by atoms with Gasteiger partial charge in [0.1, 0.15) is 5.82 Å². The summed E-state index contributed by atoms with van der Waals surface area (Å²) < 4.78 is 38.3. The minimum absolute atomic E-state index is 0.569. The Morgan fingerprint density at radius 1 is 1.09 bits per heavy atom. The Kier molecular flexibility index (Phi) is 4.21. The number of nitrogens with zero attached hydrogens (tertiary/aromatic N) is 1. The number of imidazole rings is 1. The van der Waals surface area contributed by atoms with Crippen LogP contribution in [-0.4, -0.2) is 9.97 Å². The summed E-state index contributed by atoms with van der Waals surface area (Å²) >= 11 is 9.35. The van der Waals surface area contributed by atoms with E-state index in [4.69, 9.17) is 11.6 Å². The molecule has 0 aliphatic rings. The van der Waals surface area contributed by atoms with Crippen LogP contribution in [0, 0.1) is 0 Å². The number of alkyl halides is 3. The second kappa shape index (κ2) is 6.02. The van der Waals surface area contributed by atoms with Crippen molar-refractivity contribution < 1.29 is 13.2 Å². The second-order valence-electron chi connectivity index (χ2n) is 4.86. The smallest absolute Gasteiger partial charge is 0.338 e. The first kappa shape index (κ1) is 16.1. The lowest BCUT2D eigenvalue weighted by atomic mass is 10.1. The largest absolute Gasteiger partial charge is 0.416 e. The van der Waals surface area contributed by atoms with Gasteiger partial charge < -0.3 is 4.98 Å². The Labute approximate surface area is 143 Å². The molecule has 0 aliphatic heterocycles. The summed E-state index contributed by atoms with van der Waals surface area (Å²) in [5.74, 6) is 0.592. The van der Waals surface area contributed by atoms with Crippen molar-refractivity contribution in [3.63, 3.8) is 0 Å². The molecule has 3 aromatic rings. The summed E-state index contributed by atoms with van der Waals surface area (Å²) in [6.07, 6.45) is -0.938. The number of aromatic amines is 1. The maximum atomic E-state index is 12.5. The van der Waals surface area contributed by atoms with Crippen LogP contribution in [0.3, 0.4) is 0 Å². The lowest BCUT2D eigenvalue weighted by Gasteiger charge is -2.05. The Bertz CT molecular complexity index is 844. The monoisotopic (exact) mass is 400 g/mol. The first-order valence-electron chi connectivity index (χ1n) is 6.53. The van der Waals surface area contributed by atoms with Gasteiger partial charge in [-0.1, -0.05) is 29.8 Å². The lowest BCUT2D eigenvalue weighted by molar-refractivity contribution is -0.137. The van der Waals surface area contributed by atoms with Gasteiger partial charge in [-0.05, 0) is 51.8 Å². The molecule has 1 N–H and O–H groups in total. The molecule has 23 heavy (non-hydrogen) atoms. The zero-order valence-electron chi connectivity index (χ0n) is 11.5. The van der Waals surface area contributed by atoms with E-state index >= 15 is 0 Å². The van der Waals surface area contributed by atoms with Crippen molar-refractivity contribution in [2.45, 2.75) is 6.18 Å². The van der Waals surface area contributed by atoms with Gasteiger partial charge in [0, 0.05) is 4.47 Å². The molecule has 0 unspecified atom stereocenters. The summed E-state index contributed by atoms with van der Waals surface area (Å²) in [4.78, 5) is 7.46. The van der Waals surface area contributed by atoms with Gasteiger partial charge in [-0.2, -0.15) is 13.2 Å². The molecule has 0 radical (unpaired) electrons. The van der Waals surface area contributed by atoms with Gasteiger partial charge in [0.2, 0.25) is 0 Å².